The van der Waals surface area contributed by atoms with Gasteiger partial charge in [-0.05, 0) is 47.6 Å². The lowest BCUT2D eigenvalue weighted by atomic mass is 9.53. The van der Waals surface area contributed by atoms with Gasteiger partial charge in [0.25, 0.3) is 0 Å². The number of nitrogens with zero attached hydrogens (tertiary/aromatic N) is 1. The standard InChI is InChI=1S/C28H28ClNO3/c29-23-13-7-12-22(16-23)28(33)15-14-24(21-10-5-2-6-11-21)27(26(31)32)19-30(18-25(27)28)17-20-8-3-1-4-9-20/h1-13,16,24-25,33H,14-15,17-19H2,(H,31,32)/p-1. The quantitative estimate of drug-likeness (QED) is 0.625. The number of aliphatic carboxylic acids is 1. The molecule has 1 saturated carbocycles. The van der Waals surface area contributed by atoms with Gasteiger partial charge in [-0.15, -0.1) is 0 Å². The first kappa shape index (κ1) is 22.1. The Kier molecular flexibility index (Phi) is 5.77. The number of aliphatic hydroxyl groups is 1. The lowest BCUT2D eigenvalue weighted by Crippen LogP contribution is -2.59. The number of carbonyl (C=O) groups is 1. The number of carbonyl (C=O) groups excluding carboxylic acids is 1. The lowest BCUT2D eigenvalue weighted by Gasteiger charge is -2.53. The van der Waals surface area contributed by atoms with Crippen LogP contribution in [0.15, 0.2) is 84.9 Å². The van der Waals surface area contributed by atoms with Crippen LogP contribution in [0.25, 0.3) is 0 Å². The van der Waals surface area contributed by atoms with Crippen molar-refractivity contribution in [3.63, 3.8) is 0 Å². The molecule has 170 valence electrons. The highest BCUT2D eigenvalue weighted by molar-refractivity contribution is 6.30. The Morgan fingerprint density at radius 3 is 2.39 bits per heavy atom. The van der Waals surface area contributed by atoms with Gasteiger partial charge in [0.15, 0.2) is 0 Å². The molecule has 0 aromatic heterocycles. The first-order chi connectivity index (χ1) is 15.9. The van der Waals surface area contributed by atoms with E-state index in [9.17, 15) is 15.0 Å². The minimum absolute atomic E-state index is 0.242. The Morgan fingerprint density at radius 1 is 1.03 bits per heavy atom. The van der Waals surface area contributed by atoms with E-state index in [-0.39, 0.29) is 5.92 Å². The molecule has 4 unspecified atom stereocenters. The summed E-state index contributed by atoms with van der Waals surface area (Å²) in [6.45, 7) is 1.42. The molecule has 5 rings (SSSR count). The van der Waals surface area contributed by atoms with Crippen molar-refractivity contribution in [3.8, 4) is 0 Å². The van der Waals surface area contributed by atoms with Crippen LogP contribution in [-0.4, -0.2) is 29.1 Å². The Hall–Kier alpha value is -2.66. The zero-order chi connectivity index (χ0) is 23.1. The Morgan fingerprint density at radius 2 is 1.73 bits per heavy atom. The van der Waals surface area contributed by atoms with Crippen molar-refractivity contribution in [1.29, 1.82) is 0 Å². The summed E-state index contributed by atoms with van der Waals surface area (Å²) < 4.78 is 0. The van der Waals surface area contributed by atoms with Gasteiger partial charge in [0, 0.05) is 42.0 Å². The molecular weight excluding hydrogens is 434 g/mol. The fourth-order valence-corrected chi connectivity index (χ4v) is 6.45. The lowest BCUT2D eigenvalue weighted by molar-refractivity contribution is -0.327. The summed E-state index contributed by atoms with van der Waals surface area (Å²) in [5.74, 6) is -1.86. The molecule has 1 aliphatic heterocycles. The van der Waals surface area contributed by atoms with E-state index in [4.69, 9.17) is 11.6 Å². The Bertz CT molecular complexity index is 1140. The van der Waals surface area contributed by atoms with Gasteiger partial charge in [-0.3, -0.25) is 4.90 Å². The van der Waals surface area contributed by atoms with Crippen LogP contribution in [0, 0.1) is 11.3 Å². The summed E-state index contributed by atoms with van der Waals surface area (Å²) in [5.41, 5.74) is 0.264. The van der Waals surface area contributed by atoms with E-state index in [0.29, 0.717) is 43.1 Å². The number of halogens is 1. The number of hydrogen-bond acceptors (Lipinski definition) is 4. The second kappa shape index (κ2) is 8.60. The van der Waals surface area contributed by atoms with Crippen molar-refractivity contribution < 1.29 is 15.0 Å². The van der Waals surface area contributed by atoms with Crippen molar-refractivity contribution in [2.24, 2.45) is 11.3 Å². The summed E-state index contributed by atoms with van der Waals surface area (Å²) in [5, 5.41) is 25.7. The van der Waals surface area contributed by atoms with Crippen LogP contribution in [0.2, 0.25) is 5.02 Å². The molecule has 1 saturated heterocycles. The van der Waals surface area contributed by atoms with E-state index in [1.54, 1.807) is 12.1 Å². The SMILES string of the molecule is O=C([O-])C12CN(Cc3ccccc3)CC1C(O)(c1cccc(Cl)c1)CCC2c1ccccc1. The molecule has 33 heavy (non-hydrogen) atoms. The predicted octanol–water partition coefficient (Wildman–Crippen LogP) is 3.97. The molecule has 0 radical (unpaired) electrons. The molecular formula is C28H27ClNO3-. The predicted molar refractivity (Wildman–Crippen MR) is 126 cm³/mol. The minimum Gasteiger partial charge on any atom is -0.549 e. The van der Waals surface area contributed by atoms with Gasteiger partial charge in [0.05, 0.1) is 5.60 Å². The third kappa shape index (κ3) is 3.76. The van der Waals surface area contributed by atoms with E-state index in [1.165, 1.54) is 0 Å². The topological polar surface area (TPSA) is 63.6 Å². The van der Waals surface area contributed by atoms with E-state index in [1.807, 2.05) is 72.8 Å². The molecule has 5 heteroatoms. The van der Waals surface area contributed by atoms with E-state index >= 15 is 0 Å². The maximum Gasteiger partial charge on any atom is 0.0947 e. The molecule has 2 fully saturated rings. The van der Waals surface area contributed by atoms with Gasteiger partial charge in [-0.1, -0.05) is 84.4 Å². The van der Waals surface area contributed by atoms with Crippen LogP contribution < -0.4 is 5.11 Å². The van der Waals surface area contributed by atoms with Crippen LogP contribution >= 0.6 is 11.6 Å². The molecule has 1 aliphatic carbocycles. The summed E-state index contributed by atoms with van der Waals surface area (Å²) in [6, 6.07) is 27.1. The number of carboxylic acids is 1. The number of likely N-dealkylation sites (tertiary alicyclic amines) is 1. The van der Waals surface area contributed by atoms with Gasteiger partial charge in [-0.25, -0.2) is 0 Å². The maximum absolute atomic E-state index is 13.1. The molecule has 0 spiro atoms. The molecule has 1 N–H and O–H groups in total. The molecule has 0 amide bonds. The number of hydrogen-bond donors (Lipinski definition) is 1. The van der Waals surface area contributed by atoms with Crippen LogP contribution in [-0.2, 0) is 16.9 Å². The number of benzene rings is 3. The molecule has 4 atom stereocenters. The zero-order valence-corrected chi connectivity index (χ0v) is 19.1. The third-order valence-electron chi connectivity index (χ3n) is 7.72. The summed E-state index contributed by atoms with van der Waals surface area (Å²) >= 11 is 6.28. The average molecular weight is 461 g/mol. The van der Waals surface area contributed by atoms with Crippen molar-refractivity contribution in [2.45, 2.75) is 30.9 Å². The van der Waals surface area contributed by atoms with Crippen molar-refractivity contribution >= 4 is 17.6 Å². The monoisotopic (exact) mass is 460 g/mol. The van der Waals surface area contributed by atoms with Crippen molar-refractivity contribution in [1.82, 2.24) is 4.90 Å². The highest BCUT2D eigenvalue weighted by Crippen LogP contribution is 2.60. The van der Waals surface area contributed by atoms with Gasteiger partial charge in [0.1, 0.15) is 0 Å². The smallest absolute Gasteiger partial charge is 0.0947 e. The Labute approximate surface area is 199 Å². The van der Waals surface area contributed by atoms with Crippen molar-refractivity contribution in [3.05, 3.63) is 107 Å². The second-order valence-electron chi connectivity index (χ2n) is 9.47. The summed E-state index contributed by atoms with van der Waals surface area (Å²) in [7, 11) is 0. The highest BCUT2D eigenvalue weighted by Gasteiger charge is 2.63. The molecule has 0 bridgehead atoms. The number of carboxylic acid groups (broad SMARTS) is 1. The fourth-order valence-electron chi connectivity index (χ4n) is 6.26. The third-order valence-corrected chi connectivity index (χ3v) is 7.95. The minimum atomic E-state index is -1.30. The van der Waals surface area contributed by atoms with Gasteiger partial charge in [0.2, 0.25) is 0 Å². The highest BCUT2D eigenvalue weighted by atomic mass is 35.5. The van der Waals surface area contributed by atoms with Crippen LogP contribution in [0.5, 0.6) is 0 Å². The van der Waals surface area contributed by atoms with Crippen LogP contribution in [0.3, 0.4) is 0 Å². The summed E-state index contributed by atoms with van der Waals surface area (Å²) in [6.07, 6.45) is 1.02. The largest absolute Gasteiger partial charge is 0.549 e. The van der Waals surface area contributed by atoms with Crippen LogP contribution in [0.4, 0.5) is 0 Å². The molecule has 2 aliphatic rings. The van der Waals surface area contributed by atoms with Gasteiger partial charge >= 0.3 is 0 Å². The zero-order valence-electron chi connectivity index (χ0n) is 18.4. The van der Waals surface area contributed by atoms with Gasteiger partial charge < -0.3 is 15.0 Å². The van der Waals surface area contributed by atoms with E-state index < -0.39 is 22.9 Å². The Balaban J connectivity index is 1.61. The molecule has 3 aromatic rings. The van der Waals surface area contributed by atoms with E-state index in [2.05, 4.69) is 4.90 Å². The normalized spacial score (nSPS) is 29.5. The van der Waals surface area contributed by atoms with Crippen molar-refractivity contribution in [2.75, 3.05) is 13.1 Å². The second-order valence-corrected chi connectivity index (χ2v) is 9.91. The fraction of sp³-hybridized carbons (Fsp3) is 0.321. The summed E-state index contributed by atoms with van der Waals surface area (Å²) in [4.78, 5) is 15.2. The first-order valence-electron chi connectivity index (χ1n) is 11.4. The average Bonchev–Trinajstić information content (AvgIpc) is 3.22. The molecule has 1 heterocycles. The van der Waals surface area contributed by atoms with Gasteiger partial charge in [-0.2, -0.15) is 0 Å². The first-order valence-corrected chi connectivity index (χ1v) is 11.8. The van der Waals surface area contributed by atoms with E-state index in [0.717, 1.165) is 11.1 Å². The van der Waals surface area contributed by atoms with Crippen LogP contribution in [0.1, 0.15) is 35.4 Å². The maximum atomic E-state index is 13.1. The number of fused-ring (bicyclic) bond motifs is 1. The molecule has 3 aromatic carbocycles. The molecule has 4 nitrogen and oxygen atoms in total. The number of rotatable bonds is 5.